The first-order valence-electron chi connectivity index (χ1n) is 15.0. The van der Waals surface area contributed by atoms with Crippen molar-refractivity contribution < 1.29 is 22.7 Å². The monoisotopic (exact) mass is 605 g/mol. The molecule has 1 aliphatic rings. The van der Waals surface area contributed by atoms with Gasteiger partial charge < -0.3 is 15.0 Å². The third-order valence-corrected chi connectivity index (χ3v) is 9.26. The van der Waals surface area contributed by atoms with Crippen LogP contribution in [-0.4, -0.2) is 57.1 Å². The van der Waals surface area contributed by atoms with Crippen LogP contribution < -0.4 is 14.4 Å². The molecule has 9 heteroatoms. The van der Waals surface area contributed by atoms with E-state index in [1.165, 1.54) is 11.4 Å². The maximum Gasteiger partial charge on any atom is 0.243 e. The molecule has 4 rings (SSSR count). The highest BCUT2D eigenvalue weighted by molar-refractivity contribution is 7.92. The first-order chi connectivity index (χ1) is 20.7. The highest BCUT2D eigenvalue weighted by atomic mass is 32.2. The van der Waals surface area contributed by atoms with Gasteiger partial charge in [0.1, 0.15) is 11.8 Å². The fourth-order valence-corrected chi connectivity index (χ4v) is 6.62. The molecule has 8 nitrogen and oxygen atoms in total. The van der Waals surface area contributed by atoms with Crippen molar-refractivity contribution in [1.29, 1.82) is 0 Å². The summed E-state index contributed by atoms with van der Waals surface area (Å²) >= 11 is 0. The minimum absolute atomic E-state index is 0.0872. The summed E-state index contributed by atoms with van der Waals surface area (Å²) in [7, 11) is -2.08. The first-order valence-corrected chi connectivity index (χ1v) is 16.8. The normalized spacial score (nSPS) is 14.2. The quantitative estimate of drug-likeness (QED) is 0.271. The predicted octanol–water partition coefficient (Wildman–Crippen LogP) is 5.25. The van der Waals surface area contributed by atoms with Crippen LogP contribution in [0.2, 0.25) is 0 Å². The highest BCUT2D eigenvalue weighted by Gasteiger charge is 2.32. The number of nitrogens with one attached hydrogen (secondary N) is 1. The molecule has 0 saturated heterocycles. The Hall–Kier alpha value is -3.85. The van der Waals surface area contributed by atoms with E-state index in [4.69, 9.17) is 4.74 Å². The lowest BCUT2D eigenvalue weighted by molar-refractivity contribution is -0.141. The highest BCUT2D eigenvalue weighted by Crippen LogP contribution is 2.25. The van der Waals surface area contributed by atoms with Gasteiger partial charge in [-0.15, -0.1) is 0 Å². The predicted molar refractivity (Wildman–Crippen MR) is 170 cm³/mol. The number of carbonyl (C=O) groups excluding carboxylic acids is 2. The van der Waals surface area contributed by atoms with E-state index < -0.39 is 16.1 Å². The Balaban J connectivity index is 1.59. The molecule has 1 aliphatic carbocycles. The van der Waals surface area contributed by atoms with E-state index in [9.17, 15) is 18.0 Å². The van der Waals surface area contributed by atoms with Crippen LogP contribution >= 0.6 is 0 Å². The van der Waals surface area contributed by atoms with Crippen LogP contribution in [0.4, 0.5) is 5.69 Å². The van der Waals surface area contributed by atoms with Crippen LogP contribution in [0.15, 0.2) is 78.9 Å². The van der Waals surface area contributed by atoms with Crippen molar-refractivity contribution in [3.63, 3.8) is 0 Å². The number of benzene rings is 3. The number of rotatable bonds is 14. The molecule has 230 valence electrons. The van der Waals surface area contributed by atoms with Gasteiger partial charge in [-0.2, -0.15) is 0 Å². The van der Waals surface area contributed by atoms with Gasteiger partial charge in [-0.3, -0.25) is 13.9 Å². The number of nitrogens with zero attached hydrogens (tertiary/aromatic N) is 2. The molecule has 0 spiro atoms. The van der Waals surface area contributed by atoms with Gasteiger partial charge in [0, 0.05) is 38.0 Å². The largest absolute Gasteiger partial charge is 0.497 e. The standard InChI is InChI=1S/C34H43N3O5S/c1-26-13-7-8-16-28(26)25-36(32(23-27-14-5-4-6-15-27)34(39)35-29-17-9-10-18-29)33(38)21-12-22-37(43(3,40)41)30-19-11-20-31(24-30)42-2/h4-8,11,13-16,19-20,24,29,32H,9-10,12,17-18,21-23,25H2,1-3H3,(H,35,39). The zero-order valence-electron chi connectivity index (χ0n) is 25.4. The first kappa shape index (κ1) is 32.1. The van der Waals surface area contributed by atoms with E-state index in [1.54, 1.807) is 29.2 Å². The molecule has 0 bridgehead atoms. The molecule has 0 radical (unpaired) electrons. The van der Waals surface area contributed by atoms with Crippen LogP contribution in [0.3, 0.4) is 0 Å². The van der Waals surface area contributed by atoms with Crippen molar-refractivity contribution in [2.24, 2.45) is 0 Å². The molecule has 2 amide bonds. The molecular formula is C34H43N3O5S. The van der Waals surface area contributed by atoms with Crippen molar-refractivity contribution in [2.75, 3.05) is 24.2 Å². The summed E-state index contributed by atoms with van der Waals surface area (Å²) in [6.45, 7) is 2.40. The zero-order valence-corrected chi connectivity index (χ0v) is 26.2. The molecule has 0 aromatic heterocycles. The van der Waals surface area contributed by atoms with Gasteiger partial charge in [-0.05, 0) is 55.0 Å². The van der Waals surface area contributed by atoms with Gasteiger partial charge in [0.15, 0.2) is 0 Å². The third-order valence-electron chi connectivity index (χ3n) is 8.07. The zero-order chi connectivity index (χ0) is 30.8. The molecule has 1 fully saturated rings. The van der Waals surface area contributed by atoms with Gasteiger partial charge in [-0.1, -0.05) is 73.5 Å². The van der Waals surface area contributed by atoms with E-state index in [0.29, 0.717) is 17.9 Å². The number of aryl methyl sites for hydroxylation is 1. The van der Waals surface area contributed by atoms with Gasteiger partial charge in [-0.25, -0.2) is 8.42 Å². The smallest absolute Gasteiger partial charge is 0.243 e. The van der Waals surface area contributed by atoms with Crippen LogP contribution in [0.1, 0.15) is 55.2 Å². The van der Waals surface area contributed by atoms with Gasteiger partial charge in [0.2, 0.25) is 21.8 Å². The summed E-state index contributed by atoms with van der Waals surface area (Å²) in [4.78, 5) is 29.6. The Labute approximate surface area is 256 Å². The van der Waals surface area contributed by atoms with Crippen molar-refractivity contribution in [3.05, 3.63) is 95.6 Å². The average molecular weight is 606 g/mol. The summed E-state index contributed by atoms with van der Waals surface area (Å²) in [5, 5.41) is 3.23. The lowest BCUT2D eigenvalue weighted by Crippen LogP contribution is -2.52. The van der Waals surface area contributed by atoms with E-state index in [2.05, 4.69) is 5.32 Å². The van der Waals surface area contributed by atoms with E-state index >= 15 is 0 Å². The van der Waals surface area contributed by atoms with Crippen molar-refractivity contribution in [3.8, 4) is 5.75 Å². The summed E-state index contributed by atoms with van der Waals surface area (Å²) in [6.07, 6.45) is 5.98. The summed E-state index contributed by atoms with van der Waals surface area (Å²) < 4.78 is 32.0. The van der Waals surface area contributed by atoms with Crippen LogP contribution in [0.5, 0.6) is 5.75 Å². The minimum Gasteiger partial charge on any atom is -0.497 e. The van der Waals surface area contributed by atoms with E-state index in [0.717, 1.165) is 48.6 Å². The number of amides is 2. The molecule has 1 saturated carbocycles. The van der Waals surface area contributed by atoms with Gasteiger partial charge >= 0.3 is 0 Å². The average Bonchev–Trinajstić information content (AvgIpc) is 3.50. The molecule has 0 heterocycles. The topological polar surface area (TPSA) is 96.0 Å². The molecule has 1 unspecified atom stereocenters. The van der Waals surface area contributed by atoms with Crippen LogP contribution in [0.25, 0.3) is 0 Å². The second-order valence-electron chi connectivity index (χ2n) is 11.3. The van der Waals surface area contributed by atoms with Gasteiger partial charge in [0.25, 0.3) is 0 Å². The van der Waals surface area contributed by atoms with Crippen molar-refractivity contribution in [2.45, 2.75) is 70.5 Å². The fraction of sp³-hybridized carbons (Fsp3) is 0.412. The van der Waals surface area contributed by atoms with Crippen LogP contribution in [0, 0.1) is 6.92 Å². The van der Waals surface area contributed by atoms with E-state index in [-0.39, 0.29) is 43.8 Å². The number of anilines is 1. The molecule has 3 aromatic carbocycles. The number of hydrogen-bond acceptors (Lipinski definition) is 5. The Bertz CT molecular complexity index is 1470. The Morgan fingerprint density at radius 1 is 0.977 bits per heavy atom. The number of carbonyl (C=O) groups is 2. The maximum atomic E-state index is 14.1. The summed E-state index contributed by atoms with van der Waals surface area (Å²) in [5.74, 6) is 0.209. The van der Waals surface area contributed by atoms with Crippen molar-refractivity contribution >= 4 is 27.5 Å². The second-order valence-corrected chi connectivity index (χ2v) is 13.2. The Morgan fingerprint density at radius 2 is 1.67 bits per heavy atom. The fourth-order valence-electron chi connectivity index (χ4n) is 5.66. The molecule has 3 aromatic rings. The van der Waals surface area contributed by atoms with Crippen molar-refractivity contribution in [1.82, 2.24) is 10.2 Å². The second kappa shape index (κ2) is 15.0. The number of methoxy groups -OCH3 is 1. The minimum atomic E-state index is -3.61. The molecule has 43 heavy (non-hydrogen) atoms. The SMILES string of the molecule is COc1cccc(N(CCCC(=O)N(Cc2ccccc2C)C(Cc2ccccc2)C(=O)NC2CCCC2)S(C)(=O)=O)c1. The third kappa shape index (κ3) is 9.07. The summed E-state index contributed by atoms with van der Waals surface area (Å²) in [5.41, 5.74) is 3.45. The number of ether oxygens (including phenoxy) is 1. The number of hydrogen-bond donors (Lipinski definition) is 1. The maximum absolute atomic E-state index is 14.1. The Kier molecular flexibility index (Phi) is 11.2. The van der Waals surface area contributed by atoms with Crippen LogP contribution in [-0.2, 0) is 32.6 Å². The molecule has 0 aliphatic heterocycles. The lowest BCUT2D eigenvalue weighted by atomic mass is 10.0. The molecule has 1 atom stereocenters. The lowest BCUT2D eigenvalue weighted by Gasteiger charge is -2.33. The summed E-state index contributed by atoms with van der Waals surface area (Å²) in [6, 6.07) is 23.9. The number of sulfonamides is 1. The Morgan fingerprint density at radius 3 is 2.35 bits per heavy atom. The van der Waals surface area contributed by atoms with E-state index in [1.807, 2.05) is 61.5 Å². The molecule has 1 N–H and O–H groups in total. The van der Waals surface area contributed by atoms with Gasteiger partial charge in [0.05, 0.1) is 19.1 Å². The molecular weight excluding hydrogens is 562 g/mol.